The first-order valence-corrected chi connectivity index (χ1v) is 10.0. The van der Waals surface area contributed by atoms with Gasteiger partial charge in [-0.3, -0.25) is 0 Å². The highest BCUT2D eigenvalue weighted by molar-refractivity contribution is 6.30. The summed E-state index contributed by atoms with van der Waals surface area (Å²) in [5, 5.41) is 14.2. The molecular formula is C22H28ClNO3. The second kappa shape index (κ2) is 8.96. The van der Waals surface area contributed by atoms with Crippen LogP contribution in [0.4, 0.5) is 0 Å². The van der Waals surface area contributed by atoms with E-state index in [1.165, 1.54) is 0 Å². The molecule has 0 aliphatic carbocycles. The molecule has 2 aromatic carbocycles. The van der Waals surface area contributed by atoms with E-state index in [-0.39, 0.29) is 10.7 Å². The van der Waals surface area contributed by atoms with Gasteiger partial charge in [0.25, 0.3) is 0 Å². The van der Waals surface area contributed by atoms with Crippen LogP contribution in [-0.2, 0) is 13.0 Å². The maximum absolute atomic E-state index is 13.5. The minimum absolute atomic E-state index is 0.0631. The molecule has 27 heavy (non-hydrogen) atoms. The Morgan fingerprint density at radius 3 is 2.56 bits per heavy atom. The fourth-order valence-electron chi connectivity index (χ4n) is 3.83. The number of hydroxylamine groups is 3. The molecule has 4 nitrogen and oxygen atoms in total. The van der Waals surface area contributed by atoms with E-state index in [1.807, 2.05) is 42.5 Å². The number of quaternary nitrogens is 1. The van der Waals surface area contributed by atoms with Gasteiger partial charge in [0.2, 0.25) is 0 Å². The van der Waals surface area contributed by atoms with Crippen LogP contribution < -0.4 is 9.47 Å². The molecule has 0 bridgehead atoms. The third kappa shape index (κ3) is 4.95. The van der Waals surface area contributed by atoms with Crippen LogP contribution in [0.5, 0.6) is 11.5 Å². The molecule has 1 fully saturated rings. The SMILES string of the molecule is CCCOc1cc(CC2CCC[N+]2([O-])Cc2ccc(Cl)cc2)ccc1OC. The van der Waals surface area contributed by atoms with Crippen LogP contribution >= 0.6 is 11.6 Å². The monoisotopic (exact) mass is 389 g/mol. The molecule has 0 amide bonds. The summed E-state index contributed by atoms with van der Waals surface area (Å²) in [5.41, 5.74) is 2.17. The van der Waals surface area contributed by atoms with E-state index in [2.05, 4.69) is 6.92 Å². The van der Waals surface area contributed by atoms with Gasteiger partial charge in [-0.2, -0.15) is 0 Å². The Bertz CT molecular complexity index is 750. The van der Waals surface area contributed by atoms with Gasteiger partial charge < -0.3 is 19.3 Å². The predicted molar refractivity (Wildman–Crippen MR) is 109 cm³/mol. The van der Waals surface area contributed by atoms with E-state index in [9.17, 15) is 5.21 Å². The van der Waals surface area contributed by atoms with Crippen molar-refractivity contribution in [1.29, 1.82) is 0 Å². The topological polar surface area (TPSA) is 41.5 Å². The largest absolute Gasteiger partial charge is 0.632 e. The van der Waals surface area contributed by atoms with Crippen molar-refractivity contribution in [2.45, 2.75) is 45.2 Å². The van der Waals surface area contributed by atoms with Crippen LogP contribution in [0.2, 0.25) is 5.02 Å². The molecule has 2 atom stereocenters. The summed E-state index contributed by atoms with van der Waals surface area (Å²) in [6, 6.07) is 13.7. The molecule has 5 heteroatoms. The first-order chi connectivity index (χ1) is 13.0. The van der Waals surface area contributed by atoms with E-state index in [1.54, 1.807) is 7.11 Å². The minimum atomic E-state index is -0.168. The average Bonchev–Trinajstić information content (AvgIpc) is 3.02. The Morgan fingerprint density at radius 1 is 1.11 bits per heavy atom. The van der Waals surface area contributed by atoms with Crippen LogP contribution in [0, 0.1) is 5.21 Å². The van der Waals surface area contributed by atoms with E-state index in [0.717, 1.165) is 48.3 Å². The van der Waals surface area contributed by atoms with E-state index in [4.69, 9.17) is 21.1 Å². The molecule has 0 spiro atoms. The number of halogens is 1. The predicted octanol–water partition coefficient (Wildman–Crippen LogP) is 5.36. The summed E-state index contributed by atoms with van der Waals surface area (Å²) >= 11 is 5.97. The molecule has 3 rings (SSSR count). The van der Waals surface area contributed by atoms with Crippen molar-refractivity contribution in [2.75, 3.05) is 20.3 Å². The maximum Gasteiger partial charge on any atom is 0.161 e. The van der Waals surface area contributed by atoms with Crippen LogP contribution in [0.15, 0.2) is 42.5 Å². The molecule has 1 saturated heterocycles. The summed E-state index contributed by atoms with van der Waals surface area (Å²) in [5.74, 6) is 1.50. The number of nitrogens with zero attached hydrogens (tertiary/aromatic N) is 1. The molecule has 2 aromatic rings. The first kappa shape index (κ1) is 20.0. The lowest BCUT2D eigenvalue weighted by molar-refractivity contribution is -0.905. The van der Waals surface area contributed by atoms with Gasteiger partial charge in [-0.05, 0) is 36.2 Å². The van der Waals surface area contributed by atoms with Crippen LogP contribution in [-0.4, -0.2) is 30.9 Å². The molecular weight excluding hydrogens is 362 g/mol. The van der Waals surface area contributed by atoms with Gasteiger partial charge in [-0.15, -0.1) is 0 Å². The summed E-state index contributed by atoms with van der Waals surface area (Å²) < 4.78 is 11.0. The minimum Gasteiger partial charge on any atom is -0.632 e. The van der Waals surface area contributed by atoms with Gasteiger partial charge >= 0.3 is 0 Å². The molecule has 0 aromatic heterocycles. The average molecular weight is 390 g/mol. The molecule has 1 aliphatic heterocycles. The lowest BCUT2D eigenvalue weighted by atomic mass is 10.0. The van der Waals surface area contributed by atoms with Crippen LogP contribution in [0.1, 0.15) is 37.3 Å². The zero-order valence-corrected chi connectivity index (χ0v) is 16.9. The number of methoxy groups -OCH3 is 1. The van der Waals surface area contributed by atoms with E-state index in [0.29, 0.717) is 24.7 Å². The Labute approximate surface area is 166 Å². The Hall–Kier alpha value is -1.75. The maximum atomic E-state index is 13.5. The van der Waals surface area contributed by atoms with Gasteiger partial charge in [0, 0.05) is 29.8 Å². The highest BCUT2D eigenvalue weighted by Gasteiger charge is 2.35. The number of likely N-dealkylation sites (tertiary alicyclic amines) is 1. The highest BCUT2D eigenvalue weighted by Crippen LogP contribution is 2.34. The molecule has 0 N–H and O–H groups in total. The van der Waals surface area contributed by atoms with Gasteiger partial charge in [0.1, 0.15) is 6.54 Å². The van der Waals surface area contributed by atoms with Gasteiger partial charge in [0.05, 0.1) is 26.3 Å². The Morgan fingerprint density at radius 2 is 1.85 bits per heavy atom. The second-order valence-electron chi connectivity index (χ2n) is 7.29. The molecule has 0 saturated carbocycles. The van der Waals surface area contributed by atoms with Gasteiger partial charge in [-0.1, -0.05) is 36.7 Å². The normalized spacial score (nSPS) is 22.0. The standard InChI is InChI=1S/C22H28ClNO3/c1-3-13-27-22-15-18(8-11-21(22)26-2)14-20-5-4-12-24(20,25)16-17-6-9-19(23)10-7-17/h6-11,15,20H,3-5,12-14,16H2,1-2H3. The molecule has 1 heterocycles. The van der Waals surface area contributed by atoms with Crippen molar-refractivity contribution in [3.05, 3.63) is 63.8 Å². The third-order valence-electron chi connectivity index (χ3n) is 5.26. The zero-order valence-electron chi connectivity index (χ0n) is 16.1. The summed E-state index contributed by atoms with van der Waals surface area (Å²) in [6.45, 7) is 3.90. The van der Waals surface area contributed by atoms with Crippen LogP contribution in [0.3, 0.4) is 0 Å². The summed E-state index contributed by atoms with van der Waals surface area (Å²) in [4.78, 5) is 0. The second-order valence-corrected chi connectivity index (χ2v) is 7.73. The van der Waals surface area contributed by atoms with Gasteiger partial charge in [0.15, 0.2) is 11.5 Å². The smallest absolute Gasteiger partial charge is 0.161 e. The third-order valence-corrected chi connectivity index (χ3v) is 5.52. The molecule has 0 radical (unpaired) electrons. The summed E-state index contributed by atoms with van der Waals surface area (Å²) in [7, 11) is 1.65. The zero-order chi connectivity index (χ0) is 19.3. The number of rotatable bonds is 8. The van der Waals surface area contributed by atoms with Crippen molar-refractivity contribution >= 4 is 11.6 Å². The quantitative estimate of drug-likeness (QED) is 0.451. The number of hydrogen-bond acceptors (Lipinski definition) is 3. The van der Waals surface area contributed by atoms with E-state index < -0.39 is 0 Å². The van der Waals surface area contributed by atoms with Gasteiger partial charge in [-0.25, -0.2) is 0 Å². The number of hydrogen-bond donors (Lipinski definition) is 0. The van der Waals surface area contributed by atoms with E-state index >= 15 is 0 Å². The fraction of sp³-hybridized carbons (Fsp3) is 0.455. The number of ether oxygens (including phenoxy) is 2. The Balaban J connectivity index is 1.74. The fourth-order valence-corrected chi connectivity index (χ4v) is 3.96. The first-order valence-electron chi connectivity index (χ1n) is 9.66. The highest BCUT2D eigenvalue weighted by atomic mass is 35.5. The number of benzene rings is 2. The van der Waals surface area contributed by atoms with Crippen molar-refractivity contribution in [1.82, 2.24) is 0 Å². The van der Waals surface area contributed by atoms with Crippen molar-refractivity contribution in [3.8, 4) is 11.5 Å². The van der Waals surface area contributed by atoms with Crippen molar-refractivity contribution < 1.29 is 14.1 Å². The lowest BCUT2D eigenvalue weighted by Crippen LogP contribution is -2.46. The lowest BCUT2D eigenvalue weighted by Gasteiger charge is -2.44. The van der Waals surface area contributed by atoms with Crippen molar-refractivity contribution in [3.63, 3.8) is 0 Å². The van der Waals surface area contributed by atoms with Crippen LogP contribution in [0.25, 0.3) is 0 Å². The molecule has 146 valence electrons. The summed E-state index contributed by atoms with van der Waals surface area (Å²) in [6.07, 6.45) is 3.62. The molecule has 2 unspecified atom stereocenters. The molecule has 1 aliphatic rings. The van der Waals surface area contributed by atoms with Crippen molar-refractivity contribution in [2.24, 2.45) is 0 Å². The Kier molecular flexibility index (Phi) is 6.64.